The van der Waals surface area contributed by atoms with E-state index in [-0.39, 0.29) is 0 Å². The Bertz CT molecular complexity index is 434. The summed E-state index contributed by atoms with van der Waals surface area (Å²) >= 11 is 0. The summed E-state index contributed by atoms with van der Waals surface area (Å²) in [5.74, 6) is 1.72. The maximum atomic E-state index is 5.55. The van der Waals surface area contributed by atoms with Crippen LogP contribution in [0.2, 0.25) is 0 Å². The molecule has 17 heavy (non-hydrogen) atoms. The molecule has 2 nitrogen and oxygen atoms in total. The third-order valence-corrected chi connectivity index (χ3v) is 2.33. The van der Waals surface area contributed by atoms with E-state index in [1.807, 2.05) is 48.5 Å². The summed E-state index contributed by atoms with van der Waals surface area (Å²) < 4.78 is 11.1. The molecule has 0 heterocycles. The quantitative estimate of drug-likeness (QED) is 0.730. The zero-order valence-corrected chi connectivity index (χ0v) is 9.85. The maximum absolute atomic E-state index is 5.55. The van der Waals surface area contributed by atoms with Crippen LogP contribution >= 0.6 is 0 Å². The molecule has 0 unspecified atom stereocenters. The fourth-order valence-corrected chi connectivity index (χ4v) is 1.42. The lowest BCUT2D eigenvalue weighted by Gasteiger charge is -2.08. The van der Waals surface area contributed by atoms with Gasteiger partial charge in [-0.05, 0) is 37.3 Å². The molecule has 2 aromatic carbocycles. The van der Waals surface area contributed by atoms with E-state index in [4.69, 9.17) is 9.47 Å². The molecule has 0 atom stereocenters. The molecule has 0 aliphatic carbocycles. The predicted octanol–water partition coefficient (Wildman–Crippen LogP) is 3.25. The molecule has 0 bridgehead atoms. The van der Waals surface area contributed by atoms with Crippen LogP contribution in [0.3, 0.4) is 0 Å². The molecule has 0 aliphatic rings. The van der Waals surface area contributed by atoms with Crippen molar-refractivity contribution in [3.8, 4) is 11.5 Å². The Morgan fingerprint density at radius 3 is 1.94 bits per heavy atom. The molecule has 2 rings (SSSR count). The minimum absolute atomic E-state index is 0.540. The van der Waals surface area contributed by atoms with E-state index in [1.165, 1.54) is 5.56 Å². The van der Waals surface area contributed by atoms with Crippen LogP contribution in [-0.4, -0.2) is 13.2 Å². The van der Waals surface area contributed by atoms with Gasteiger partial charge in [-0.3, -0.25) is 0 Å². The molecule has 2 heteroatoms. The number of aryl methyl sites for hydroxylation is 1. The van der Waals surface area contributed by atoms with E-state index in [0.29, 0.717) is 13.2 Å². The van der Waals surface area contributed by atoms with E-state index in [2.05, 4.69) is 13.0 Å². The van der Waals surface area contributed by atoms with Crippen molar-refractivity contribution in [1.82, 2.24) is 0 Å². The zero-order chi connectivity index (χ0) is 11.9. The highest BCUT2D eigenvalue weighted by Crippen LogP contribution is 2.11. The lowest BCUT2D eigenvalue weighted by molar-refractivity contribution is 0.217. The van der Waals surface area contributed by atoms with Crippen molar-refractivity contribution in [2.75, 3.05) is 13.2 Å². The van der Waals surface area contributed by atoms with Crippen molar-refractivity contribution in [2.45, 2.75) is 6.92 Å². The van der Waals surface area contributed by atoms with Gasteiger partial charge in [-0.25, -0.2) is 0 Å². The lowest BCUT2D eigenvalue weighted by atomic mass is 10.2. The molecule has 0 aliphatic heterocycles. The van der Waals surface area contributed by atoms with Gasteiger partial charge in [-0.2, -0.15) is 0 Å². The highest BCUT2D eigenvalue weighted by atomic mass is 16.5. The Hall–Kier alpha value is -1.96. The van der Waals surface area contributed by atoms with Crippen molar-refractivity contribution >= 4 is 0 Å². The van der Waals surface area contributed by atoms with Crippen LogP contribution in [0.5, 0.6) is 11.5 Å². The molecule has 0 aromatic heterocycles. The topological polar surface area (TPSA) is 18.5 Å². The van der Waals surface area contributed by atoms with Crippen molar-refractivity contribution in [3.63, 3.8) is 0 Å². The van der Waals surface area contributed by atoms with Crippen molar-refractivity contribution in [2.24, 2.45) is 0 Å². The molecule has 0 N–H and O–H groups in total. The first-order chi connectivity index (χ1) is 8.34. The summed E-state index contributed by atoms with van der Waals surface area (Å²) in [6.07, 6.45) is 0. The normalized spacial score (nSPS) is 9.94. The summed E-state index contributed by atoms with van der Waals surface area (Å²) in [4.78, 5) is 0. The molecule has 0 spiro atoms. The van der Waals surface area contributed by atoms with Crippen LogP contribution in [0.15, 0.2) is 48.5 Å². The van der Waals surface area contributed by atoms with E-state index < -0.39 is 0 Å². The average molecular weight is 227 g/mol. The summed E-state index contributed by atoms with van der Waals surface area (Å²) in [6.45, 7) is 3.14. The van der Waals surface area contributed by atoms with Gasteiger partial charge in [-0.1, -0.05) is 29.8 Å². The van der Waals surface area contributed by atoms with Crippen LogP contribution in [0.4, 0.5) is 0 Å². The molecule has 0 amide bonds. The van der Waals surface area contributed by atoms with E-state index >= 15 is 0 Å². The van der Waals surface area contributed by atoms with Crippen LogP contribution < -0.4 is 9.47 Å². The third kappa shape index (κ3) is 3.83. The van der Waals surface area contributed by atoms with Gasteiger partial charge < -0.3 is 9.47 Å². The summed E-state index contributed by atoms with van der Waals surface area (Å²) in [6, 6.07) is 18.4. The standard InChI is InChI=1S/C15H15O2/c1-13-7-9-15(10-8-13)17-12-11-16-14-5-3-2-4-6-14/h3-10H,11-12H2,1H3. The summed E-state index contributed by atoms with van der Waals surface area (Å²) in [7, 11) is 0. The SMILES string of the molecule is Cc1ccc(OCCOc2cc[c]cc2)cc1. The molecular weight excluding hydrogens is 212 g/mol. The van der Waals surface area contributed by atoms with Gasteiger partial charge in [0.05, 0.1) is 0 Å². The number of ether oxygens (including phenoxy) is 2. The second-order valence-corrected chi connectivity index (χ2v) is 3.75. The largest absolute Gasteiger partial charge is 0.490 e. The Morgan fingerprint density at radius 2 is 1.35 bits per heavy atom. The van der Waals surface area contributed by atoms with Gasteiger partial charge in [0.2, 0.25) is 0 Å². The Morgan fingerprint density at radius 1 is 0.824 bits per heavy atom. The van der Waals surface area contributed by atoms with E-state index in [0.717, 1.165) is 11.5 Å². The van der Waals surface area contributed by atoms with Crippen molar-refractivity contribution < 1.29 is 9.47 Å². The minimum atomic E-state index is 0.540. The highest BCUT2D eigenvalue weighted by molar-refractivity contribution is 5.26. The summed E-state index contributed by atoms with van der Waals surface area (Å²) in [5.41, 5.74) is 1.23. The predicted molar refractivity (Wildman–Crippen MR) is 67.4 cm³/mol. The van der Waals surface area contributed by atoms with Gasteiger partial charge in [0, 0.05) is 0 Å². The summed E-state index contributed by atoms with van der Waals surface area (Å²) in [5, 5.41) is 0. The van der Waals surface area contributed by atoms with E-state index in [1.54, 1.807) is 0 Å². The van der Waals surface area contributed by atoms with Gasteiger partial charge in [0.15, 0.2) is 0 Å². The van der Waals surface area contributed by atoms with Crippen molar-refractivity contribution in [3.05, 3.63) is 60.2 Å². The first-order valence-corrected chi connectivity index (χ1v) is 5.63. The second-order valence-electron chi connectivity index (χ2n) is 3.75. The molecule has 1 radical (unpaired) electrons. The third-order valence-electron chi connectivity index (χ3n) is 2.33. The maximum Gasteiger partial charge on any atom is 0.122 e. The first-order valence-electron chi connectivity index (χ1n) is 5.63. The molecule has 87 valence electrons. The number of hydrogen-bond acceptors (Lipinski definition) is 2. The van der Waals surface area contributed by atoms with Crippen LogP contribution in [0.25, 0.3) is 0 Å². The number of hydrogen-bond donors (Lipinski definition) is 0. The molecule has 2 aromatic rings. The fraction of sp³-hybridized carbons (Fsp3) is 0.200. The minimum Gasteiger partial charge on any atom is -0.490 e. The monoisotopic (exact) mass is 227 g/mol. The lowest BCUT2D eigenvalue weighted by Crippen LogP contribution is -2.08. The van der Waals surface area contributed by atoms with Crippen LogP contribution in [-0.2, 0) is 0 Å². The fourth-order valence-electron chi connectivity index (χ4n) is 1.42. The second kappa shape index (κ2) is 5.94. The Labute approximate surface area is 102 Å². The number of rotatable bonds is 5. The van der Waals surface area contributed by atoms with Crippen LogP contribution in [0.1, 0.15) is 5.56 Å². The zero-order valence-electron chi connectivity index (χ0n) is 9.85. The molecule has 0 fully saturated rings. The Balaban J connectivity index is 1.71. The molecule has 0 saturated heterocycles. The van der Waals surface area contributed by atoms with E-state index in [9.17, 15) is 0 Å². The highest BCUT2D eigenvalue weighted by Gasteiger charge is 1.94. The van der Waals surface area contributed by atoms with Gasteiger partial charge >= 0.3 is 0 Å². The van der Waals surface area contributed by atoms with Crippen LogP contribution in [0, 0.1) is 13.0 Å². The molecular formula is C15H15O2. The van der Waals surface area contributed by atoms with Gasteiger partial charge in [-0.15, -0.1) is 0 Å². The van der Waals surface area contributed by atoms with Crippen molar-refractivity contribution in [1.29, 1.82) is 0 Å². The average Bonchev–Trinajstić information content (AvgIpc) is 2.38. The first kappa shape index (κ1) is 11.5. The molecule has 0 saturated carbocycles. The van der Waals surface area contributed by atoms with Gasteiger partial charge in [0.1, 0.15) is 24.7 Å². The Kier molecular flexibility index (Phi) is 4.03. The number of benzene rings is 2. The van der Waals surface area contributed by atoms with Gasteiger partial charge in [0.25, 0.3) is 0 Å². The smallest absolute Gasteiger partial charge is 0.122 e.